The third kappa shape index (κ3) is 1.63. The molecule has 2 heteroatoms. The molecule has 0 saturated heterocycles. The van der Waals surface area contributed by atoms with Crippen LogP contribution in [0.5, 0.6) is 0 Å². The van der Waals surface area contributed by atoms with Crippen molar-refractivity contribution >= 4 is 5.78 Å². The lowest BCUT2D eigenvalue weighted by molar-refractivity contribution is -0.132. The van der Waals surface area contributed by atoms with E-state index in [0.29, 0.717) is 24.0 Å². The Kier molecular flexibility index (Phi) is 3.06. The Balaban J connectivity index is 1.72. The molecule has 1 N–H and O–H groups in total. The van der Waals surface area contributed by atoms with Crippen LogP contribution in [0, 0.1) is 23.2 Å². The van der Waals surface area contributed by atoms with Gasteiger partial charge in [-0.25, -0.2) is 0 Å². The summed E-state index contributed by atoms with van der Waals surface area (Å²) in [5.41, 5.74) is 3.18. The van der Waals surface area contributed by atoms with Crippen molar-refractivity contribution in [3.63, 3.8) is 0 Å². The summed E-state index contributed by atoms with van der Waals surface area (Å²) in [5, 5.41) is 9.91. The van der Waals surface area contributed by atoms with Crippen molar-refractivity contribution in [3.8, 4) is 0 Å². The van der Waals surface area contributed by atoms with Crippen LogP contribution in [0.15, 0.2) is 11.1 Å². The Bertz CT molecular complexity index is 464. The van der Waals surface area contributed by atoms with Gasteiger partial charge in [0, 0.05) is 6.42 Å². The van der Waals surface area contributed by atoms with Gasteiger partial charge < -0.3 is 5.11 Å². The zero-order valence-corrected chi connectivity index (χ0v) is 12.4. The topological polar surface area (TPSA) is 37.3 Å². The monoisotopic (exact) mass is 274 g/mol. The van der Waals surface area contributed by atoms with Gasteiger partial charge in [-0.3, -0.25) is 4.79 Å². The van der Waals surface area contributed by atoms with Crippen LogP contribution in [-0.4, -0.2) is 17.5 Å². The quantitative estimate of drug-likeness (QED) is 0.741. The van der Waals surface area contributed by atoms with Crippen molar-refractivity contribution in [2.75, 3.05) is 6.61 Å². The summed E-state index contributed by atoms with van der Waals surface area (Å²) in [6, 6.07) is 0. The molecule has 0 aromatic carbocycles. The van der Waals surface area contributed by atoms with Crippen LogP contribution >= 0.6 is 0 Å². The maximum Gasteiger partial charge on any atom is 0.141 e. The molecule has 4 rings (SSSR count). The number of hydrogen-bond acceptors (Lipinski definition) is 2. The minimum atomic E-state index is -0.351. The molecule has 4 aliphatic rings. The normalized spacial score (nSPS) is 44.0. The first-order chi connectivity index (χ1) is 9.76. The van der Waals surface area contributed by atoms with Crippen molar-refractivity contribution in [2.45, 2.75) is 64.2 Å². The number of carbonyl (C=O) groups excluding carboxylic acids is 1. The summed E-state index contributed by atoms with van der Waals surface area (Å²) in [7, 11) is 0. The lowest BCUT2D eigenvalue weighted by atomic mass is 9.56. The average molecular weight is 274 g/mol. The van der Waals surface area contributed by atoms with E-state index in [0.717, 1.165) is 25.2 Å². The fourth-order valence-electron chi connectivity index (χ4n) is 5.98. The lowest BCUT2D eigenvalue weighted by Crippen LogP contribution is -2.45. The minimum absolute atomic E-state index is 0.0963. The number of aliphatic hydroxyl groups is 1. The van der Waals surface area contributed by atoms with E-state index >= 15 is 0 Å². The second kappa shape index (κ2) is 4.69. The van der Waals surface area contributed by atoms with Crippen LogP contribution in [0.3, 0.4) is 0 Å². The Morgan fingerprint density at radius 2 is 1.90 bits per heavy atom. The van der Waals surface area contributed by atoms with Crippen LogP contribution in [-0.2, 0) is 4.79 Å². The molecule has 1 unspecified atom stereocenters. The molecule has 0 aromatic rings. The molecule has 3 saturated carbocycles. The first-order valence-electron chi connectivity index (χ1n) is 8.62. The smallest absolute Gasteiger partial charge is 0.141 e. The van der Waals surface area contributed by atoms with Crippen molar-refractivity contribution in [1.29, 1.82) is 0 Å². The largest absolute Gasteiger partial charge is 0.395 e. The van der Waals surface area contributed by atoms with E-state index in [1.807, 2.05) is 0 Å². The summed E-state index contributed by atoms with van der Waals surface area (Å²) in [4.78, 5) is 12.3. The third-order valence-corrected chi connectivity index (χ3v) is 6.98. The second-order valence-electron chi connectivity index (χ2n) is 7.56. The molecule has 110 valence electrons. The maximum absolute atomic E-state index is 12.3. The van der Waals surface area contributed by atoms with Crippen LogP contribution in [0.1, 0.15) is 64.2 Å². The van der Waals surface area contributed by atoms with E-state index in [-0.39, 0.29) is 12.0 Å². The number of ketones is 1. The highest BCUT2D eigenvalue weighted by atomic mass is 16.3. The van der Waals surface area contributed by atoms with E-state index in [1.165, 1.54) is 38.5 Å². The molecule has 3 fully saturated rings. The van der Waals surface area contributed by atoms with Gasteiger partial charge in [0.15, 0.2) is 0 Å². The summed E-state index contributed by atoms with van der Waals surface area (Å²) >= 11 is 0. The highest BCUT2D eigenvalue weighted by Gasteiger charge is 2.56. The van der Waals surface area contributed by atoms with Gasteiger partial charge in [-0.15, -0.1) is 0 Å². The molecule has 4 aliphatic carbocycles. The van der Waals surface area contributed by atoms with Gasteiger partial charge >= 0.3 is 0 Å². The Morgan fingerprint density at radius 3 is 2.75 bits per heavy atom. The maximum atomic E-state index is 12.3. The molecule has 0 aliphatic heterocycles. The number of aliphatic hydroxyl groups excluding tert-OH is 1. The fourth-order valence-corrected chi connectivity index (χ4v) is 5.98. The van der Waals surface area contributed by atoms with Crippen LogP contribution < -0.4 is 0 Å². The van der Waals surface area contributed by atoms with Crippen molar-refractivity contribution < 1.29 is 9.90 Å². The number of allylic oxidation sites excluding steroid dienone is 2. The van der Waals surface area contributed by atoms with Crippen molar-refractivity contribution in [1.82, 2.24) is 0 Å². The molecule has 20 heavy (non-hydrogen) atoms. The summed E-state index contributed by atoms with van der Waals surface area (Å²) in [6.45, 7) is 0.0963. The van der Waals surface area contributed by atoms with Crippen LogP contribution in [0.25, 0.3) is 0 Å². The van der Waals surface area contributed by atoms with E-state index in [1.54, 1.807) is 11.1 Å². The SMILES string of the molecule is O=C1CC[C@H]2[C@@H]3CCC4CCCCC4=C3CC[C@]12CO. The number of Topliss-reactive ketones (excluding diaryl/α,β-unsaturated/α-hetero) is 1. The molecule has 0 aromatic heterocycles. The predicted molar refractivity (Wildman–Crippen MR) is 78.2 cm³/mol. The van der Waals surface area contributed by atoms with Gasteiger partial charge in [-0.2, -0.15) is 0 Å². The van der Waals surface area contributed by atoms with Gasteiger partial charge in [-0.1, -0.05) is 17.6 Å². The number of hydrogen-bond donors (Lipinski definition) is 1. The van der Waals surface area contributed by atoms with Gasteiger partial charge in [0.25, 0.3) is 0 Å². The van der Waals surface area contributed by atoms with Crippen molar-refractivity contribution in [2.24, 2.45) is 23.2 Å². The lowest BCUT2D eigenvalue weighted by Gasteiger charge is -2.48. The van der Waals surface area contributed by atoms with Gasteiger partial charge in [0.05, 0.1) is 12.0 Å². The van der Waals surface area contributed by atoms with Gasteiger partial charge in [0.1, 0.15) is 5.78 Å². The zero-order valence-electron chi connectivity index (χ0n) is 12.4. The minimum Gasteiger partial charge on any atom is -0.395 e. The van der Waals surface area contributed by atoms with Gasteiger partial charge in [0.2, 0.25) is 0 Å². The number of rotatable bonds is 1. The van der Waals surface area contributed by atoms with E-state index in [2.05, 4.69) is 0 Å². The molecule has 2 nitrogen and oxygen atoms in total. The summed E-state index contributed by atoms with van der Waals surface area (Å²) in [6.07, 6.45) is 11.9. The van der Waals surface area contributed by atoms with E-state index in [9.17, 15) is 9.90 Å². The molecule has 0 spiro atoms. The van der Waals surface area contributed by atoms with Crippen molar-refractivity contribution in [3.05, 3.63) is 11.1 Å². The zero-order chi connectivity index (χ0) is 13.7. The molecule has 0 radical (unpaired) electrons. The third-order valence-electron chi connectivity index (χ3n) is 6.98. The van der Waals surface area contributed by atoms with E-state index < -0.39 is 0 Å². The highest BCUT2D eigenvalue weighted by Crippen LogP contribution is 2.59. The molecule has 4 atom stereocenters. The Labute approximate surface area is 121 Å². The van der Waals surface area contributed by atoms with E-state index in [4.69, 9.17) is 0 Å². The second-order valence-corrected chi connectivity index (χ2v) is 7.56. The fraction of sp³-hybridized carbons (Fsp3) is 0.833. The first-order valence-corrected chi connectivity index (χ1v) is 8.62. The van der Waals surface area contributed by atoms with Gasteiger partial charge in [-0.05, 0) is 69.1 Å². The standard InChI is InChI=1S/C18H26O2/c19-11-18-10-9-14-13-4-2-1-3-12(13)5-6-15(14)16(18)7-8-17(18)20/h12,15-16,19H,1-11H2/t12?,15-,16+,18-/m1/s1. The Morgan fingerprint density at radius 1 is 1.00 bits per heavy atom. The molecular formula is C18H26O2. The molecule has 0 heterocycles. The predicted octanol–water partition coefficient (Wildman–Crippen LogP) is 3.63. The van der Waals surface area contributed by atoms with Crippen LogP contribution in [0.2, 0.25) is 0 Å². The molecule has 0 bridgehead atoms. The average Bonchev–Trinajstić information content (AvgIpc) is 2.85. The molecular weight excluding hydrogens is 248 g/mol. The Hall–Kier alpha value is -0.630. The molecule has 0 amide bonds. The summed E-state index contributed by atoms with van der Waals surface area (Å²) < 4.78 is 0. The summed E-state index contributed by atoms with van der Waals surface area (Å²) in [5.74, 6) is 2.32. The first kappa shape index (κ1) is 13.1. The van der Waals surface area contributed by atoms with Crippen LogP contribution in [0.4, 0.5) is 0 Å². The number of fused-ring (bicyclic) bond motifs is 4. The highest BCUT2D eigenvalue weighted by molar-refractivity contribution is 5.88. The number of carbonyl (C=O) groups is 1.